The van der Waals surface area contributed by atoms with E-state index in [2.05, 4.69) is 4.98 Å². The van der Waals surface area contributed by atoms with Crippen molar-refractivity contribution in [3.05, 3.63) is 36.4 Å². The Morgan fingerprint density at radius 2 is 1.69 bits per heavy atom. The van der Waals surface area contributed by atoms with E-state index in [4.69, 9.17) is 30.7 Å². The summed E-state index contributed by atoms with van der Waals surface area (Å²) in [5, 5.41) is 1.14. The maximum Gasteiger partial charge on any atom is 1.00 e. The molecule has 0 bridgehead atoms. The zero-order valence-electron chi connectivity index (χ0n) is 8.42. The number of rotatable bonds is 0. The van der Waals surface area contributed by atoms with Crippen molar-refractivity contribution >= 4 is 24.1 Å². The van der Waals surface area contributed by atoms with Gasteiger partial charge in [-0.25, -0.2) is 0 Å². The molecule has 1 heterocycles. The van der Waals surface area contributed by atoms with Crippen LogP contribution in [0, 0.1) is 0 Å². The van der Waals surface area contributed by atoms with E-state index in [-0.39, 0.29) is 51.4 Å². The molecule has 0 aliphatic rings. The molecule has 0 saturated heterocycles. The number of fused-ring (bicyclic) bond motifs is 1. The molecule has 1 N–H and O–H groups in total. The standard InChI is InChI=1S/C9H6N.Cu.K.HO3P/c1-2-6-9-8(4-1)5-3-7-10-9;;;1-4(2)3/h1-6H;;;1H/q;2*+1;-2. The van der Waals surface area contributed by atoms with Gasteiger partial charge in [-0.05, 0) is 0 Å². The molecule has 0 spiro atoms. The molecule has 0 aliphatic heterocycles. The van der Waals surface area contributed by atoms with Crippen LogP contribution in [0.3, 0.4) is 0 Å². The van der Waals surface area contributed by atoms with Gasteiger partial charge >= 0.3 is 124 Å². The number of hydrogen-bond acceptors (Lipinski definition) is 4. The van der Waals surface area contributed by atoms with Crippen molar-refractivity contribution in [2.24, 2.45) is 0 Å². The average molecular weight is 311 g/mol. The number of benzene rings is 1. The molecule has 1 aromatic heterocycles. The van der Waals surface area contributed by atoms with E-state index in [1.165, 1.54) is 0 Å². The van der Waals surface area contributed by atoms with Crippen molar-refractivity contribution in [2.45, 2.75) is 0 Å². The molecule has 4 nitrogen and oxygen atoms in total. The molecular formula is C9H7CuKNO3P. The van der Waals surface area contributed by atoms with Crippen LogP contribution in [0.25, 0.3) is 10.9 Å². The van der Waals surface area contributed by atoms with Gasteiger partial charge in [0, 0.05) is 0 Å². The normalized spacial score (nSPS) is 9.38. The fraction of sp³-hybridized carbons (Fsp3) is 0. The van der Waals surface area contributed by atoms with Crippen LogP contribution in [0.15, 0.2) is 36.4 Å². The monoisotopic (exact) mass is 310 g/mol. The summed E-state index contributed by atoms with van der Waals surface area (Å²) in [4.78, 5) is 28.4. The van der Waals surface area contributed by atoms with Gasteiger partial charge in [0.25, 0.3) is 0 Å². The summed E-state index contributed by atoms with van der Waals surface area (Å²) >= 11 is 5.07. The second-order valence-electron chi connectivity index (χ2n) is 2.53. The third-order valence-electron chi connectivity index (χ3n) is 1.54. The molecule has 0 saturated carbocycles. The summed E-state index contributed by atoms with van der Waals surface area (Å²) in [5.41, 5.74) is 0.967. The first kappa shape index (κ1) is 17.1. The second kappa shape index (κ2) is 9.08. The summed E-state index contributed by atoms with van der Waals surface area (Å²) in [5.74, 6) is 0. The van der Waals surface area contributed by atoms with Crippen LogP contribution in [0.5, 0.6) is 0 Å². The average Bonchev–Trinajstić information content (AvgIpc) is 2.16. The van der Waals surface area contributed by atoms with Gasteiger partial charge in [0.1, 0.15) is 0 Å². The van der Waals surface area contributed by atoms with Gasteiger partial charge in [-0.15, -0.1) is 0 Å². The zero-order valence-corrected chi connectivity index (χ0v) is 13.4. The van der Waals surface area contributed by atoms with E-state index < -0.39 is 8.60 Å². The van der Waals surface area contributed by atoms with Crippen molar-refractivity contribution in [2.75, 3.05) is 0 Å². The molecule has 0 radical (unpaired) electrons. The van der Waals surface area contributed by atoms with Crippen molar-refractivity contribution in [1.82, 2.24) is 4.98 Å². The number of aromatic nitrogens is 1. The topological polar surface area (TPSA) is 79.2 Å². The maximum atomic E-state index is 8.59. The minimum absolute atomic E-state index is 0. The second-order valence-corrected chi connectivity index (χ2v) is 3.48. The van der Waals surface area contributed by atoms with E-state index in [9.17, 15) is 0 Å². The van der Waals surface area contributed by atoms with Gasteiger partial charge in [0.15, 0.2) is 0 Å². The minimum atomic E-state index is -3.12. The van der Waals surface area contributed by atoms with Crippen LogP contribution in [0.4, 0.5) is 0 Å². The summed E-state index contributed by atoms with van der Waals surface area (Å²) in [6.07, 6.45) is 0. The smallest absolute Gasteiger partial charge is 0.820 e. The molecular weight excluding hydrogens is 304 g/mol. The van der Waals surface area contributed by atoms with Crippen molar-refractivity contribution in [3.8, 4) is 0 Å². The molecule has 83 valence electrons. The van der Waals surface area contributed by atoms with Crippen LogP contribution in [-0.2, 0) is 16.0 Å². The van der Waals surface area contributed by atoms with Gasteiger partial charge < -0.3 is 14.7 Å². The van der Waals surface area contributed by atoms with Crippen molar-refractivity contribution in [3.63, 3.8) is 0 Å². The van der Waals surface area contributed by atoms with E-state index in [1.807, 2.05) is 36.4 Å². The summed E-state index contributed by atoms with van der Waals surface area (Å²) in [6, 6.07) is 11.8. The summed E-state index contributed by atoms with van der Waals surface area (Å²) in [7, 11) is -3.12. The van der Waals surface area contributed by atoms with E-state index >= 15 is 0 Å². The van der Waals surface area contributed by atoms with Gasteiger partial charge in [-0.3, -0.25) is 0 Å². The first-order valence-corrected chi connectivity index (χ1v) is 5.50. The zero-order chi connectivity index (χ0) is 11.3. The molecule has 0 atom stereocenters. The van der Waals surface area contributed by atoms with Crippen molar-refractivity contribution < 1.29 is 82.1 Å². The number of nitrogens with zero attached hydrogens (tertiary/aromatic N) is 1. The molecule has 16 heavy (non-hydrogen) atoms. The maximum absolute atomic E-state index is 8.59. The first-order valence-electron chi connectivity index (χ1n) is 3.90. The Balaban J connectivity index is 0.000000397. The van der Waals surface area contributed by atoms with Gasteiger partial charge in [-0.1, -0.05) is 0 Å². The van der Waals surface area contributed by atoms with E-state index in [1.54, 1.807) is 0 Å². The number of para-hydroxylation sites is 1. The van der Waals surface area contributed by atoms with Gasteiger partial charge in [0.2, 0.25) is 0 Å². The predicted molar refractivity (Wildman–Crippen MR) is 50.5 cm³/mol. The minimum Gasteiger partial charge on any atom is -0.820 e. The SMILES string of the molecule is [Cu+][c]1ccc2ccccc2n1.[K+].[O-]P([O-])O. The number of pyridine rings is 1. The fourth-order valence-electron chi connectivity index (χ4n) is 1.03. The molecule has 7 heteroatoms. The quantitative estimate of drug-likeness (QED) is 0.402. The Hall–Kier alpha value is 1.10. The van der Waals surface area contributed by atoms with Crippen LogP contribution < -0.4 is 65.8 Å². The fourth-order valence-corrected chi connectivity index (χ4v) is 1.22. The molecule has 2 rings (SSSR count). The third-order valence-corrected chi connectivity index (χ3v) is 1.81. The predicted octanol–water partition coefficient (Wildman–Crippen LogP) is -3.66. The summed E-state index contributed by atoms with van der Waals surface area (Å²) in [6.45, 7) is 0. The Morgan fingerprint density at radius 1 is 1.12 bits per heavy atom. The molecule has 1 aromatic carbocycles. The Bertz CT molecular complexity index is 441. The van der Waals surface area contributed by atoms with Crippen LogP contribution in [0.2, 0.25) is 0 Å². The Morgan fingerprint density at radius 3 is 2.31 bits per heavy atom. The van der Waals surface area contributed by atoms with Gasteiger partial charge in [-0.2, -0.15) is 8.60 Å². The van der Waals surface area contributed by atoms with Crippen molar-refractivity contribution in [1.29, 1.82) is 0 Å². The van der Waals surface area contributed by atoms with E-state index in [0.29, 0.717) is 4.59 Å². The Labute approximate surface area is 145 Å². The molecule has 2 aromatic rings. The summed E-state index contributed by atoms with van der Waals surface area (Å²) < 4.78 is 0.635. The molecule has 0 unspecified atom stereocenters. The van der Waals surface area contributed by atoms with Crippen LogP contribution in [0.1, 0.15) is 0 Å². The number of hydrogen-bond donors (Lipinski definition) is 1. The van der Waals surface area contributed by atoms with Crippen LogP contribution in [-0.4, -0.2) is 9.88 Å². The third kappa shape index (κ3) is 6.74. The largest absolute Gasteiger partial charge is 1.00 e. The molecule has 0 fully saturated rings. The molecule has 0 aliphatic carbocycles. The first-order chi connectivity index (χ1) is 7.09. The van der Waals surface area contributed by atoms with E-state index in [0.717, 1.165) is 10.9 Å². The van der Waals surface area contributed by atoms with Gasteiger partial charge in [0.05, 0.1) is 0 Å². The van der Waals surface area contributed by atoms with Crippen LogP contribution >= 0.6 is 8.60 Å². The molecule has 0 amide bonds. The Kier molecular flexibility index (Phi) is 9.70.